The van der Waals surface area contributed by atoms with E-state index in [0.29, 0.717) is 9.24 Å². The zero-order valence-electron chi connectivity index (χ0n) is 13.9. The molecule has 1 aromatic heterocycles. The molecule has 0 amide bonds. The Labute approximate surface area is 161 Å². The second-order valence-corrected chi connectivity index (χ2v) is 11.8. The molecule has 0 aliphatic carbocycles. The maximum absolute atomic E-state index is 12.1. The van der Waals surface area contributed by atoms with Gasteiger partial charge in [0, 0.05) is 28.4 Å². The monoisotopic (exact) mass is 425 g/mol. The Morgan fingerprint density at radius 2 is 1.62 bits per heavy atom. The largest absolute Gasteiger partial charge is 0.229 e. The van der Waals surface area contributed by atoms with Crippen LogP contribution in [0.25, 0.3) is 11.3 Å². The second-order valence-electron chi connectivity index (χ2n) is 5.62. The fourth-order valence-corrected chi connectivity index (χ4v) is 6.09. The highest BCUT2D eigenvalue weighted by Crippen LogP contribution is 2.37. The lowest BCUT2D eigenvalue weighted by Gasteiger charge is -2.08. The van der Waals surface area contributed by atoms with Gasteiger partial charge in [-0.05, 0) is 18.2 Å². The maximum Gasteiger partial charge on any atom is 0.176 e. The first kappa shape index (κ1) is 19.1. The molecule has 0 saturated carbocycles. The molecule has 2 aromatic carbocycles. The van der Waals surface area contributed by atoms with E-state index in [9.17, 15) is 16.8 Å². The molecule has 0 bridgehead atoms. The zero-order valence-corrected chi connectivity index (χ0v) is 17.2. The van der Waals surface area contributed by atoms with Crippen molar-refractivity contribution in [2.45, 2.75) is 19.0 Å². The van der Waals surface area contributed by atoms with Crippen molar-refractivity contribution in [1.29, 1.82) is 0 Å². The van der Waals surface area contributed by atoms with Crippen LogP contribution in [0.4, 0.5) is 0 Å². The van der Waals surface area contributed by atoms with E-state index in [1.165, 1.54) is 41.3 Å². The zero-order chi connectivity index (χ0) is 18.9. The molecule has 136 valence electrons. The summed E-state index contributed by atoms with van der Waals surface area (Å²) in [6.45, 7) is 0. The van der Waals surface area contributed by atoms with Gasteiger partial charge in [0.1, 0.15) is 0 Å². The van der Waals surface area contributed by atoms with Gasteiger partial charge in [0.15, 0.2) is 24.0 Å². The third-order valence-electron chi connectivity index (χ3n) is 3.49. The summed E-state index contributed by atoms with van der Waals surface area (Å²) in [5.41, 5.74) is 1.79. The number of sulfone groups is 2. The topological polar surface area (TPSA) is 81.2 Å². The molecule has 26 heavy (non-hydrogen) atoms. The van der Waals surface area contributed by atoms with E-state index in [1.807, 2.05) is 35.7 Å². The average Bonchev–Trinajstić information content (AvgIpc) is 3.02. The molecule has 0 aliphatic heterocycles. The van der Waals surface area contributed by atoms with Gasteiger partial charge in [-0.15, -0.1) is 11.3 Å². The maximum atomic E-state index is 12.1. The number of hydrogen-bond acceptors (Lipinski definition) is 7. The molecule has 0 saturated heterocycles. The molecule has 0 fully saturated rings. The molecule has 0 N–H and O–H groups in total. The normalized spacial score (nSPS) is 12.2. The number of thiazole rings is 1. The van der Waals surface area contributed by atoms with Crippen molar-refractivity contribution in [3.8, 4) is 11.3 Å². The average molecular weight is 426 g/mol. The van der Waals surface area contributed by atoms with Gasteiger partial charge < -0.3 is 0 Å². The van der Waals surface area contributed by atoms with Crippen LogP contribution in [0.5, 0.6) is 0 Å². The van der Waals surface area contributed by atoms with E-state index >= 15 is 0 Å². The second kappa shape index (κ2) is 7.15. The fraction of sp³-hybridized carbons (Fsp3) is 0.118. The van der Waals surface area contributed by atoms with E-state index in [4.69, 9.17) is 0 Å². The molecule has 0 atom stereocenters. The number of benzene rings is 2. The first-order chi connectivity index (χ1) is 12.1. The number of hydrogen-bond donors (Lipinski definition) is 0. The minimum Gasteiger partial charge on any atom is -0.229 e. The SMILES string of the molecule is CS(=O)(=O)c1ccc(Sc2nc(-c3ccccc3)cs2)c(S(C)(=O)=O)c1. The summed E-state index contributed by atoms with van der Waals surface area (Å²) in [5.74, 6) is 0. The van der Waals surface area contributed by atoms with Crippen molar-refractivity contribution in [2.75, 3.05) is 12.5 Å². The molecular weight excluding hydrogens is 410 g/mol. The van der Waals surface area contributed by atoms with E-state index in [2.05, 4.69) is 4.98 Å². The predicted octanol–water partition coefficient (Wildman–Crippen LogP) is 3.77. The Hall–Kier alpha value is -1.68. The van der Waals surface area contributed by atoms with Crippen LogP contribution in [0, 0.1) is 0 Å². The van der Waals surface area contributed by atoms with Crippen LogP contribution >= 0.6 is 23.1 Å². The highest BCUT2D eigenvalue weighted by Gasteiger charge is 2.19. The van der Waals surface area contributed by atoms with Gasteiger partial charge >= 0.3 is 0 Å². The van der Waals surface area contributed by atoms with Crippen molar-refractivity contribution in [3.05, 3.63) is 53.9 Å². The Kier molecular flexibility index (Phi) is 5.25. The lowest BCUT2D eigenvalue weighted by atomic mass is 10.2. The van der Waals surface area contributed by atoms with E-state index in [1.54, 1.807) is 0 Å². The Morgan fingerprint density at radius 1 is 0.923 bits per heavy atom. The molecule has 1 heterocycles. The summed E-state index contributed by atoms with van der Waals surface area (Å²) < 4.78 is 48.4. The van der Waals surface area contributed by atoms with Crippen LogP contribution in [-0.2, 0) is 19.7 Å². The van der Waals surface area contributed by atoms with Crippen LogP contribution in [0.15, 0.2) is 72.9 Å². The van der Waals surface area contributed by atoms with Crippen LogP contribution in [-0.4, -0.2) is 34.3 Å². The van der Waals surface area contributed by atoms with Gasteiger partial charge in [-0.3, -0.25) is 0 Å². The Bertz CT molecular complexity index is 1150. The van der Waals surface area contributed by atoms with Crippen LogP contribution in [0.3, 0.4) is 0 Å². The third-order valence-corrected chi connectivity index (χ3v) is 7.88. The van der Waals surface area contributed by atoms with Gasteiger partial charge in [0.25, 0.3) is 0 Å². The van der Waals surface area contributed by atoms with Crippen molar-refractivity contribution in [2.24, 2.45) is 0 Å². The van der Waals surface area contributed by atoms with Crippen molar-refractivity contribution in [3.63, 3.8) is 0 Å². The van der Waals surface area contributed by atoms with Gasteiger partial charge in [0.2, 0.25) is 0 Å². The molecule has 0 aliphatic rings. The number of nitrogens with zero attached hydrogens (tertiary/aromatic N) is 1. The highest BCUT2D eigenvalue weighted by molar-refractivity contribution is 8.01. The fourth-order valence-electron chi connectivity index (χ4n) is 2.23. The molecule has 0 unspecified atom stereocenters. The molecule has 3 aromatic rings. The van der Waals surface area contributed by atoms with Gasteiger partial charge in [-0.25, -0.2) is 21.8 Å². The lowest BCUT2D eigenvalue weighted by Crippen LogP contribution is -2.03. The summed E-state index contributed by atoms with van der Waals surface area (Å²) in [5, 5.41) is 1.91. The summed E-state index contributed by atoms with van der Waals surface area (Å²) in [6, 6.07) is 13.8. The van der Waals surface area contributed by atoms with Crippen molar-refractivity contribution < 1.29 is 16.8 Å². The smallest absolute Gasteiger partial charge is 0.176 e. The quantitative estimate of drug-likeness (QED) is 0.619. The van der Waals surface area contributed by atoms with E-state index in [-0.39, 0.29) is 9.79 Å². The van der Waals surface area contributed by atoms with Crippen LogP contribution in [0.2, 0.25) is 0 Å². The molecule has 0 spiro atoms. The van der Waals surface area contributed by atoms with E-state index < -0.39 is 19.7 Å². The van der Waals surface area contributed by atoms with Gasteiger partial charge in [-0.2, -0.15) is 0 Å². The lowest BCUT2D eigenvalue weighted by molar-refractivity contribution is 0.598. The van der Waals surface area contributed by atoms with Crippen LogP contribution < -0.4 is 0 Å². The predicted molar refractivity (Wildman–Crippen MR) is 104 cm³/mol. The Balaban J connectivity index is 1.99. The Morgan fingerprint density at radius 3 is 2.23 bits per heavy atom. The molecule has 3 rings (SSSR count). The summed E-state index contributed by atoms with van der Waals surface area (Å²) in [7, 11) is -7.08. The van der Waals surface area contributed by atoms with Crippen LogP contribution in [0.1, 0.15) is 0 Å². The van der Waals surface area contributed by atoms with Gasteiger partial charge in [-0.1, -0.05) is 42.1 Å². The number of rotatable bonds is 5. The molecule has 5 nitrogen and oxygen atoms in total. The summed E-state index contributed by atoms with van der Waals surface area (Å²) in [4.78, 5) is 4.96. The highest BCUT2D eigenvalue weighted by atomic mass is 32.2. The van der Waals surface area contributed by atoms with Crippen molar-refractivity contribution in [1.82, 2.24) is 4.98 Å². The third kappa shape index (κ3) is 4.35. The molecule has 9 heteroatoms. The molecular formula is C17H15NO4S4. The molecule has 0 radical (unpaired) electrons. The minimum absolute atomic E-state index is 0.0121. The first-order valence-corrected chi connectivity index (χ1v) is 12.9. The van der Waals surface area contributed by atoms with Gasteiger partial charge in [0.05, 0.1) is 15.5 Å². The minimum atomic E-state index is -3.59. The first-order valence-electron chi connectivity index (χ1n) is 7.37. The van der Waals surface area contributed by atoms with Crippen molar-refractivity contribution >= 4 is 42.8 Å². The standard InChI is InChI=1S/C17H15NO4S4/c1-25(19,20)13-8-9-15(16(10-13)26(2,21)22)24-17-18-14(11-23-17)12-6-4-3-5-7-12/h3-11H,1-2H3. The number of aromatic nitrogens is 1. The van der Waals surface area contributed by atoms with E-state index in [0.717, 1.165) is 23.8 Å². The summed E-state index contributed by atoms with van der Waals surface area (Å²) in [6.07, 6.45) is 2.11. The summed E-state index contributed by atoms with van der Waals surface area (Å²) >= 11 is 2.62.